The number of Topliss-reactive ketones (excluding diaryl/α,β-unsaturated/α-hetero) is 1. The molecular weight excluding hydrogens is 241 g/mol. The monoisotopic (exact) mass is 261 g/mol. The van der Waals surface area contributed by atoms with Crippen LogP contribution in [0.2, 0.25) is 0 Å². The maximum atomic E-state index is 12.0. The third kappa shape index (κ3) is 5.45. The van der Waals surface area contributed by atoms with Crippen molar-refractivity contribution in [1.82, 2.24) is 0 Å². The molecular formula is C11H20NO4P. The maximum absolute atomic E-state index is 12.0. The number of nitriles is 1. The Balaban J connectivity index is 4.49. The van der Waals surface area contributed by atoms with Gasteiger partial charge in [0.15, 0.2) is 5.78 Å². The highest BCUT2D eigenvalue weighted by atomic mass is 31.2. The van der Waals surface area contributed by atoms with E-state index in [1.54, 1.807) is 13.8 Å². The minimum atomic E-state index is -3.29. The van der Waals surface area contributed by atoms with E-state index in [-0.39, 0.29) is 11.9 Å². The van der Waals surface area contributed by atoms with Crippen LogP contribution in [0.15, 0.2) is 0 Å². The Morgan fingerprint density at radius 2 is 1.88 bits per heavy atom. The molecule has 0 radical (unpaired) electrons. The molecule has 0 amide bonds. The van der Waals surface area contributed by atoms with Crippen LogP contribution in [0.3, 0.4) is 0 Å². The standard InChI is InChI=1S/C11H20NO4P/c1-11(2,7-5-6-8-12)10(13)9-17(14,15-3)16-4/h5-7,9H2,1-4H3. The molecule has 17 heavy (non-hydrogen) atoms. The molecule has 0 atom stereocenters. The zero-order valence-corrected chi connectivity index (χ0v) is 11.8. The molecule has 98 valence electrons. The highest BCUT2D eigenvalue weighted by Gasteiger charge is 2.34. The molecule has 0 aliphatic rings. The molecule has 0 unspecified atom stereocenters. The molecule has 6 heteroatoms. The van der Waals surface area contributed by atoms with Crippen LogP contribution < -0.4 is 0 Å². The highest BCUT2D eigenvalue weighted by Crippen LogP contribution is 2.47. The summed E-state index contributed by atoms with van der Waals surface area (Å²) in [5.41, 5.74) is -0.608. The predicted octanol–water partition coefficient (Wildman–Crippen LogP) is 2.76. The highest BCUT2D eigenvalue weighted by molar-refractivity contribution is 7.54. The van der Waals surface area contributed by atoms with Gasteiger partial charge in [-0.05, 0) is 12.8 Å². The smallest absolute Gasteiger partial charge is 0.312 e. The first-order chi connectivity index (χ1) is 7.81. The Morgan fingerprint density at radius 1 is 1.35 bits per heavy atom. The van der Waals surface area contributed by atoms with Gasteiger partial charge in [0.05, 0.1) is 6.07 Å². The van der Waals surface area contributed by atoms with Crippen molar-refractivity contribution in [2.75, 3.05) is 20.4 Å². The van der Waals surface area contributed by atoms with Crippen molar-refractivity contribution in [3.8, 4) is 6.07 Å². The van der Waals surface area contributed by atoms with Gasteiger partial charge in [-0.2, -0.15) is 5.26 Å². The summed E-state index contributed by atoms with van der Waals surface area (Å²) >= 11 is 0. The van der Waals surface area contributed by atoms with E-state index in [4.69, 9.17) is 14.3 Å². The van der Waals surface area contributed by atoms with E-state index in [0.29, 0.717) is 19.3 Å². The SMILES string of the molecule is COP(=O)(CC(=O)C(C)(C)CCCC#N)OC. The summed E-state index contributed by atoms with van der Waals surface area (Å²) < 4.78 is 21.3. The Morgan fingerprint density at radius 3 is 2.29 bits per heavy atom. The number of hydrogen-bond donors (Lipinski definition) is 0. The van der Waals surface area contributed by atoms with Crippen LogP contribution in [0.25, 0.3) is 0 Å². The van der Waals surface area contributed by atoms with E-state index < -0.39 is 13.0 Å². The fourth-order valence-corrected chi connectivity index (χ4v) is 2.53. The maximum Gasteiger partial charge on any atom is 0.337 e. The van der Waals surface area contributed by atoms with Crippen LogP contribution in [0, 0.1) is 16.7 Å². The number of ketones is 1. The first-order valence-corrected chi connectivity index (χ1v) is 7.15. The van der Waals surface area contributed by atoms with Crippen LogP contribution >= 0.6 is 7.60 Å². The van der Waals surface area contributed by atoms with Crippen molar-refractivity contribution >= 4 is 13.4 Å². The zero-order chi connectivity index (χ0) is 13.5. The second kappa shape index (κ2) is 6.90. The molecule has 0 bridgehead atoms. The number of carbonyl (C=O) groups is 1. The Kier molecular flexibility index (Phi) is 6.62. The number of unbranched alkanes of at least 4 members (excludes halogenated alkanes) is 1. The van der Waals surface area contributed by atoms with Gasteiger partial charge in [-0.25, -0.2) is 0 Å². The van der Waals surface area contributed by atoms with Gasteiger partial charge in [-0.1, -0.05) is 13.8 Å². The van der Waals surface area contributed by atoms with Crippen molar-refractivity contribution in [3.63, 3.8) is 0 Å². The lowest BCUT2D eigenvalue weighted by molar-refractivity contribution is -0.125. The van der Waals surface area contributed by atoms with E-state index >= 15 is 0 Å². The largest absolute Gasteiger partial charge is 0.337 e. The molecule has 0 aliphatic carbocycles. The number of rotatable bonds is 8. The lowest BCUT2D eigenvalue weighted by Crippen LogP contribution is -2.27. The topological polar surface area (TPSA) is 76.4 Å². The molecule has 0 spiro atoms. The summed E-state index contributed by atoms with van der Waals surface area (Å²) in [5.74, 6) is -0.164. The van der Waals surface area contributed by atoms with Gasteiger partial charge in [-0.15, -0.1) is 0 Å². The van der Waals surface area contributed by atoms with Crippen molar-refractivity contribution in [2.45, 2.75) is 33.1 Å². The van der Waals surface area contributed by atoms with Gasteiger partial charge < -0.3 is 9.05 Å². The van der Waals surface area contributed by atoms with Crippen molar-refractivity contribution in [2.24, 2.45) is 5.41 Å². The summed E-state index contributed by atoms with van der Waals surface area (Å²) in [5, 5.41) is 8.44. The molecule has 5 nitrogen and oxygen atoms in total. The summed E-state index contributed by atoms with van der Waals surface area (Å²) in [6.45, 7) is 3.56. The summed E-state index contributed by atoms with van der Waals surface area (Å²) in [4.78, 5) is 12.0. The van der Waals surface area contributed by atoms with Crippen molar-refractivity contribution < 1.29 is 18.4 Å². The minimum absolute atomic E-state index is 0.164. The molecule has 0 aromatic rings. The van der Waals surface area contributed by atoms with Gasteiger partial charge >= 0.3 is 7.60 Å². The number of carbonyl (C=O) groups excluding carboxylic acids is 1. The van der Waals surface area contributed by atoms with E-state index in [1.807, 2.05) is 6.07 Å². The lowest BCUT2D eigenvalue weighted by atomic mass is 9.83. The minimum Gasteiger partial charge on any atom is -0.312 e. The van der Waals surface area contributed by atoms with Crippen LogP contribution in [-0.4, -0.2) is 26.2 Å². The molecule has 0 aromatic heterocycles. The Bertz CT molecular complexity index is 338. The van der Waals surface area contributed by atoms with E-state index in [9.17, 15) is 9.36 Å². The number of hydrogen-bond acceptors (Lipinski definition) is 5. The van der Waals surface area contributed by atoms with Crippen LogP contribution in [-0.2, 0) is 18.4 Å². The molecule has 0 heterocycles. The molecule has 0 aliphatic heterocycles. The van der Waals surface area contributed by atoms with Gasteiger partial charge in [0.25, 0.3) is 0 Å². The second-order valence-corrected chi connectivity index (χ2v) is 6.72. The zero-order valence-electron chi connectivity index (χ0n) is 10.9. The third-order valence-electron chi connectivity index (χ3n) is 2.74. The summed E-state index contributed by atoms with van der Waals surface area (Å²) in [6.07, 6.45) is 1.44. The fourth-order valence-electron chi connectivity index (χ4n) is 1.34. The van der Waals surface area contributed by atoms with E-state index in [2.05, 4.69) is 0 Å². The first kappa shape index (κ1) is 16.3. The average Bonchev–Trinajstić information content (AvgIpc) is 2.29. The van der Waals surface area contributed by atoms with Crippen molar-refractivity contribution in [1.29, 1.82) is 5.26 Å². The lowest BCUT2D eigenvalue weighted by Gasteiger charge is -2.24. The molecule has 0 aromatic carbocycles. The summed E-state index contributed by atoms with van der Waals surface area (Å²) in [7, 11) is -0.759. The van der Waals surface area contributed by atoms with Crippen molar-refractivity contribution in [3.05, 3.63) is 0 Å². The number of nitrogens with zero attached hydrogens (tertiary/aromatic N) is 1. The quantitative estimate of drug-likeness (QED) is 0.496. The normalized spacial score (nSPS) is 12.2. The average molecular weight is 261 g/mol. The predicted molar refractivity (Wildman–Crippen MR) is 64.7 cm³/mol. The van der Waals surface area contributed by atoms with E-state index in [0.717, 1.165) is 0 Å². The molecule has 0 saturated carbocycles. The Hall–Kier alpha value is -0.690. The molecule has 0 saturated heterocycles. The van der Waals surface area contributed by atoms with Gasteiger partial charge in [0.2, 0.25) is 0 Å². The van der Waals surface area contributed by atoms with Gasteiger partial charge in [0, 0.05) is 26.1 Å². The molecule has 0 N–H and O–H groups in total. The van der Waals surface area contributed by atoms with Crippen LogP contribution in [0.4, 0.5) is 0 Å². The van der Waals surface area contributed by atoms with Crippen LogP contribution in [0.1, 0.15) is 33.1 Å². The summed E-state index contributed by atoms with van der Waals surface area (Å²) in [6, 6.07) is 2.03. The van der Waals surface area contributed by atoms with Crippen LogP contribution in [0.5, 0.6) is 0 Å². The van der Waals surface area contributed by atoms with Gasteiger partial charge in [0.1, 0.15) is 6.16 Å². The fraction of sp³-hybridized carbons (Fsp3) is 0.818. The Labute approximate surface area is 103 Å². The second-order valence-electron chi connectivity index (χ2n) is 4.45. The molecule has 0 fully saturated rings. The molecule has 0 rings (SSSR count). The van der Waals surface area contributed by atoms with E-state index in [1.165, 1.54) is 14.2 Å². The first-order valence-electron chi connectivity index (χ1n) is 5.42. The van der Waals surface area contributed by atoms with Gasteiger partial charge in [-0.3, -0.25) is 9.36 Å². The third-order valence-corrected chi connectivity index (χ3v) is 4.53.